The summed E-state index contributed by atoms with van der Waals surface area (Å²) in [6.07, 6.45) is 5.44. The van der Waals surface area contributed by atoms with Crippen molar-refractivity contribution in [1.29, 1.82) is 0 Å². The highest BCUT2D eigenvalue weighted by atomic mass is 32.1. The van der Waals surface area contributed by atoms with Crippen molar-refractivity contribution in [2.75, 3.05) is 27.3 Å². The number of esters is 1. The third kappa shape index (κ3) is 7.85. The molecule has 0 saturated heterocycles. The van der Waals surface area contributed by atoms with Crippen LogP contribution in [0.1, 0.15) is 65.2 Å². The van der Waals surface area contributed by atoms with Gasteiger partial charge in [-0.1, -0.05) is 19.9 Å². The van der Waals surface area contributed by atoms with Gasteiger partial charge in [0.1, 0.15) is 5.60 Å². The molecule has 0 N–H and O–H groups in total. The third-order valence-electron chi connectivity index (χ3n) is 6.77. The zero-order valence-electron chi connectivity index (χ0n) is 24.8. The minimum atomic E-state index is -0.465. The summed E-state index contributed by atoms with van der Waals surface area (Å²) in [6, 6.07) is 7.89. The quantitative estimate of drug-likeness (QED) is 0.220. The number of carbonyl (C=O) groups excluding carboxylic acids is 1. The number of hydrogen-bond donors (Lipinski definition) is 0. The zero-order valence-corrected chi connectivity index (χ0v) is 25.6. The Bertz CT molecular complexity index is 1320. The van der Waals surface area contributed by atoms with Gasteiger partial charge in [0, 0.05) is 34.9 Å². The molecule has 1 atom stereocenters. The van der Waals surface area contributed by atoms with Gasteiger partial charge in [-0.15, -0.1) is 11.3 Å². The Balaban J connectivity index is 1.82. The molecule has 0 radical (unpaired) electrons. The Morgan fingerprint density at radius 3 is 2.41 bits per heavy atom. The largest absolute Gasteiger partial charge is 0.493 e. The number of benzene rings is 1. The number of methoxy groups -OCH3 is 2. The summed E-state index contributed by atoms with van der Waals surface area (Å²) in [5.41, 5.74) is 1.50. The first-order chi connectivity index (χ1) is 18.5. The highest BCUT2D eigenvalue weighted by Gasteiger charge is 2.24. The first-order valence-corrected chi connectivity index (χ1v) is 14.6. The molecule has 0 amide bonds. The monoisotopic (exact) mass is 556 g/mol. The average molecular weight is 557 g/mol. The second kappa shape index (κ2) is 13.5. The van der Waals surface area contributed by atoms with Crippen LogP contribution in [-0.2, 0) is 23.1 Å². The predicted octanol–water partition coefficient (Wildman–Crippen LogP) is 6.64. The molecule has 2 heterocycles. The number of fused-ring (bicyclic) bond motifs is 1. The molecular weight excluding hydrogens is 512 g/mol. The van der Waals surface area contributed by atoms with Crippen LogP contribution in [0.15, 0.2) is 35.3 Å². The van der Waals surface area contributed by atoms with E-state index in [0.29, 0.717) is 11.5 Å². The fourth-order valence-corrected chi connectivity index (χ4v) is 6.05. The highest BCUT2D eigenvalue weighted by molar-refractivity contribution is 7.19. The van der Waals surface area contributed by atoms with Crippen molar-refractivity contribution in [1.82, 2.24) is 9.47 Å². The lowest BCUT2D eigenvalue weighted by molar-refractivity contribution is -0.160. The van der Waals surface area contributed by atoms with Crippen molar-refractivity contribution in [2.45, 2.75) is 72.4 Å². The molecule has 0 saturated carbocycles. The van der Waals surface area contributed by atoms with Gasteiger partial charge in [0.05, 0.1) is 25.5 Å². The molecule has 39 heavy (non-hydrogen) atoms. The van der Waals surface area contributed by atoms with Gasteiger partial charge in [0.25, 0.3) is 5.56 Å². The van der Waals surface area contributed by atoms with Crippen molar-refractivity contribution in [3.8, 4) is 22.6 Å². The molecule has 1 aromatic carbocycles. The maximum atomic E-state index is 13.1. The Morgan fingerprint density at radius 2 is 1.79 bits per heavy atom. The summed E-state index contributed by atoms with van der Waals surface area (Å²) in [4.78, 5) is 29.2. The summed E-state index contributed by atoms with van der Waals surface area (Å²) in [6.45, 7) is 12.6. The van der Waals surface area contributed by atoms with E-state index < -0.39 is 5.60 Å². The van der Waals surface area contributed by atoms with Gasteiger partial charge >= 0.3 is 5.97 Å². The molecule has 1 unspecified atom stereocenters. The van der Waals surface area contributed by atoms with Crippen LogP contribution >= 0.6 is 11.3 Å². The molecular formula is C31H44N2O5S. The fraction of sp³-hybridized carbons (Fsp3) is 0.548. The lowest BCUT2D eigenvalue weighted by Crippen LogP contribution is -2.30. The first-order valence-electron chi connectivity index (χ1n) is 13.8. The van der Waals surface area contributed by atoms with E-state index >= 15 is 0 Å². The van der Waals surface area contributed by atoms with E-state index in [1.807, 2.05) is 58.2 Å². The van der Waals surface area contributed by atoms with Crippen LogP contribution in [0.3, 0.4) is 0 Å². The SMILES string of the molecule is CCCN(CCCC(CC)C(=O)OC(C)(C)C)Cc1cc2c(=O)n(C)cc(-c3ccc(OC)c(OC)c3)c2s1. The van der Waals surface area contributed by atoms with Gasteiger partial charge in [-0.3, -0.25) is 14.5 Å². The summed E-state index contributed by atoms with van der Waals surface area (Å²) in [5, 5.41) is 0.734. The van der Waals surface area contributed by atoms with Gasteiger partial charge in [-0.25, -0.2) is 0 Å². The third-order valence-corrected chi connectivity index (χ3v) is 7.93. The van der Waals surface area contributed by atoms with Crippen LogP contribution in [0.2, 0.25) is 0 Å². The van der Waals surface area contributed by atoms with Gasteiger partial charge in [-0.05, 0) is 83.3 Å². The molecule has 8 heteroatoms. The van der Waals surface area contributed by atoms with E-state index in [1.165, 1.54) is 0 Å². The molecule has 0 spiro atoms. The number of nitrogens with zero attached hydrogens (tertiary/aromatic N) is 2. The van der Waals surface area contributed by atoms with Crippen molar-refractivity contribution in [3.63, 3.8) is 0 Å². The number of pyridine rings is 1. The van der Waals surface area contributed by atoms with Gasteiger partial charge in [-0.2, -0.15) is 0 Å². The van der Waals surface area contributed by atoms with Gasteiger partial charge < -0.3 is 18.8 Å². The van der Waals surface area contributed by atoms with Crippen LogP contribution in [0.25, 0.3) is 21.2 Å². The molecule has 7 nitrogen and oxygen atoms in total. The fourth-order valence-electron chi connectivity index (χ4n) is 4.83. The Kier molecular flexibility index (Phi) is 10.6. The molecule has 214 valence electrons. The van der Waals surface area contributed by atoms with Crippen molar-refractivity contribution >= 4 is 27.4 Å². The lowest BCUT2D eigenvalue weighted by atomic mass is 10.00. The number of aromatic nitrogens is 1. The highest BCUT2D eigenvalue weighted by Crippen LogP contribution is 2.37. The van der Waals surface area contributed by atoms with Crippen LogP contribution in [0.5, 0.6) is 11.5 Å². The molecule has 0 aliphatic heterocycles. The number of aryl methyl sites for hydroxylation is 1. The topological polar surface area (TPSA) is 70.0 Å². The normalized spacial score (nSPS) is 12.6. The van der Waals surface area contributed by atoms with Crippen LogP contribution in [0, 0.1) is 5.92 Å². The van der Waals surface area contributed by atoms with Crippen molar-refractivity contribution in [3.05, 3.63) is 45.7 Å². The Hall–Kier alpha value is -2.84. The minimum Gasteiger partial charge on any atom is -0.493 e. The second-order valence-electron chi connectivity index (χ2n) is 11.0. The maximum Gasteiger partial charge on any atom is 0.309 e. The zero-order chi connectivity index (χ0) is 28.7. The number of thiophene rings is 1. The molecule has 0 aliphatic rings. The van der Waals surface area contributed by atoms with E-state index in [2.05, 4.69) is 11.8 Å². The van der Waals surface area contributed by atoms with E-state index in [0.717, 1.165) is 71.4 Å². The molecule has 0 aliphatic carbocycles. The standard InChI is InChI=1S/C31H44N2O5S/c1-9-15-33(16-11-12-21(10-2)30(35)38-31(3,4)5)19-23-18-24-28(39-23)25(20-32(6)29(24)34)22-13-14-26(36-7)27(17-22)37-8/h13-14,17-18,20-21H,9-12,15-16,19H2,1-8H3. The van der Waals surface area contributed by atoms with Crippen LogP contribution in [-0.4, -0.2) is 48.3 Å². The van der Waals surface area contributed by atoms with E-state index in [-0.39, 0.29) is 17.4 Å². The van der Waals surface area contributed by atoms with E-state index in [4.69, 9.17) is 14.2 Å². The predicted molar refractivity (Wildman–Crippen MR) is 160 cm³/mol. The Labute approximate surface area is 236 Å². The van der Waals surface area contributed by atoms with Crippen molar-refractivity contribution in [2.24, 2.45) is 13.0 Å². The molecule has 3 rings (SSSR count). The van der Waals surface area contributed by atoms with Gasteiger partial charge in [0.2, 0.25) is 0 Å². The first kappa shape index (κ1) is 30.7. The maximum absolute atomic E-state index is 13.1. The second-order valence-corrected chi connectivity index (χ2v) is 12.2. The lowest BCUT2D eigenvalue weighted by Gasteiger charge is -2.25. The average Bonchev–Trinajstić information content (AvgIpc) is 3.31. The summed E-state index contributed by atoms with van der Waals surface area (Å²) in [5.74, 6) is 1.14. The number of ether oxygens (including phenoxy) is 3. The van der Waals surface area contributed by atoms with Crippen LogP contribution < -0.4 is 15.0 Å². The molecule has 3 aromatic rings. The smallest absolute Gasteiger partial charge is 0.309 e. The van der Waals surface area contributed by atoms with Crippen molar-refractivity contribution < 1.29 is 19.0 Å². The number of carbonyl (C=O) groups is 1. The summed E-state index contributed by atoms with van der Waals surface area (Å²) >= 11 is 1.67. The molecule has 2 aromatic heterocycles. The minimum absolute atomic E-state index is 0.00177. The summed E-state index contributed by atoms with van der Waals surface area (Å²) in [7, 11) is 5.04. The molecule has 0 fully saturated rings. The Morgan fingerprint density at radius 1 is 1.08 bits per heavy atom. The number of rotatable bonds is 13. The number of hydrogen-bond acceptors (Lipinski definition) is 7. The molecule has 0 bridgehead atoms. The van der Waals surface area contributed by atoms with Crippen LogP contribution in [0.4, 0.5) is 0 Å². The van der Waals surface area contributed by atoms with E-state index in [1.54, 1.807) is 37.2 Å². The van der Waals surface area contributed by atoms with Gasteiger partial charge in [0.15, 0.2) is 11.5 Å². The van der Waals surface area contributed by atoms with E-state index in [9.17, 15) is 9.59 Å². The summed E-state index contributed by atoms with van der Waals surface area (Å²) < 4.78 is 19.2.